The summed E-state index contributed by atoms with van der Waals surface area (Å²) in [5, 5.41) is 11.8. The second-order valence-electron chi connectivity index (χ2n) is 2.95. The maximum absolute atomic E-state index is 8.64. The predicted molar refractivity (Wildman–Crippen MR) is 57.6 cm³/mol. The standard InChI is InChI=1S/C10H14BrNO/c1-8(12-5-6-13)9-3-2-4-10(11)7-9/h2-4,7-8,12-13H,5-6H2,1H3/t8-/m0/s1. The fourth-order valence-corrected chi connectivity index (χ4v) is 1.59. The molecule has 0 radical (unpaired) electrons. The first kappa shape index (κ1) is 10.7. The predicted octanol–water partition coefficient (Wildman–Crippen LogP) is 2.09. The molecule has 3 heteroatoms. The Morgan fingerprint density at radius 3 is 2.92 bits per heavy atom. The molecule has 0 bridgehead atoms. The van der Waals surface area contributed by atoms with Crippen LogP contribution in [0.25, 0.3) is 0 Å². The Balaban J connectivity index is 2.60. The van der Waals surface area contributed by atoms with E-state index in [-0.39, 0.29) is 12.6 Å². The molecule has 0 spiro atoms. The molecule has 2 N–H and O–H groups in total. The van der Waals surface area contributed by atoms with Crippen molar-refractivity contribution in [3.8, 4) is 0 Å². The van der Waals surface area contributed by atoms with Crippen molar-refractivity contribution < 1.29 is 5.11 Å². The molecule has 0 saturated carbocycles. The Morgan fingerprint density at radius 2 is 2.31 bits per heavy atom. The van der Waals surface area contributed by atoms with E-state index in [1.165, 1.54) is 5.56 Å². The second kappa shape index (κ2) is 5.37. The Labute approximate surface area is 87.1 Å². The van der Waals surface area contributed by atoms with Crippen LogP contribution in [0, 0.1) is 0 Å². The third-order valence-electron chi connectivity index (χ3n) is 1.91. The van der Waals surface area contributed by atoms with E-state index in [0.717, 1.165) is 4.47 Å². The summed E-state index contributed by atoms with van der Waals surface area (Å²) in [4.78, 5) is 0. The molecule has 0 aromatic heterocycles. The maximum Gasteiger partial charge on any atom is 0.0556 e. The number of aliphatic hydroxyl groups is 1. The molecule has 1 aromatic rings. The number of hydrogen-bond acceptors (Lipinski definition) is 2. The van der Waals surface area contributed by atoms with Crippen molar-refractivity contribution in [2.24, 2.45) is 0 Å². The molecule has 0 saturated heterocycles. The highest BCUT2D eigenvalue weighted by Crippen LogP contribution is 2.17. The SMILES string of the molecule is C[C@H](NCCO)c1cccc(Br)c1. The highest BCUT2D eigenvalue weighted by molar-refractivity contribution is 9.10. The third kappa shape index (κ3) is 3.46. The normalized spacial score (nSPS) is 12.8. The van der Waals surface area contributed by atoms with Crippen molar-refractivity contribution in [1.29, 1.82) is 0 Å². The van der Waals surface area contributed by atoms with Gasteiger partial charge in [0.25, 0.3) is 0 Å². The van der Waals surface area contributed by atoms with Gasteiger partial charge in [-0.3, -0.25) is 0 Å². The zero-order chi connectivity index (χ0) is 9.68. The van der Waals surface area contributed by atoms with Crippen LogP contribution >= 0.6 is 15.9 Å². The van der Waals surface area contributed by atoms with Gasteiger partial charge >= 0.3 is 0 Å². The van der Waals surface area contributed by atoms with E-state index in [1.807, 2.05) is 12.1 Å². The minimum atomic E-state index is 0.179. The summed E-state index contributed by atoms with van der Waals surface area (Å²) in [6.45, 7) is 2.89. The lowest BCUT2D eigenvalue weighted by Gasteiger charge is -2.13. The van der Waals surface area contributed by atoms with Gasteiger partial charge in [-0.1, -0.05) is 28.1 Å². The zero-order valence-electron chi connectivity index (χ0n) is 7.63. The van der Waals surface area contributed by atoms with Gasteiger partial charge in [0.2, 0.25) is 0 Å². The van der Waals surface area contributed by atoms with E-state index in [4.69, 9.17) is 5.11 Å². The van der Waals surface area contributed by atoms with Gasteiger partial charge in [-0.15, -0.1) is 0 Å². The van der Waals surface area contributed by atoms with Gasteiger partial charge < -0.3 is 10.4 Å². The molecule has 1 aromatic carbocycles. The molecule has 13 heavy (non-hydrogen) atoms. The Bertz CT molecular complexity index is 265. The van der Waals surface area contributed by atoms with Crippen molar-refractivity contribution in [3.63, 3.8) is 0 Å². The van der Waals surface area contributed by atoms with Gasteiger partial charge in [-0.2, -0.15) is 0 Å². The quantitative estimate of drug-likeness (QED) is 0.850. The first-order chi connectivity index (χ1) is 6.24. The number of nitrogens with one attached hydrogen (secondary N) is 1. The Kier molecular flexibility index (Phi) is 4.42. The van der Waals surface area contributed by atoms with Crippen LogP contribution in [0.3, 0.4) is 0 Å². The van der Waals surface area contributed by atoms with Crippen LogP contribution in [0.5, 0.6) is 0 Å². The summed E-state index contributed by atoms with van der Waals surface area (Å²) >= 11 is 3.42. The fourth-order valence-electron chi connectivity index (χ4n) is 1.17. The monoisotopic (exact) mass is 243 g/mol. The number of hydrogen-bond donors (Lipinski definition) is 2. The molecule has 2 nitrogen and oxygen atoms in total. The minimum absolute atomic E-state index is 0.179. The molecule has 0 heterocycles. The van der Waals surface area contributed by atoms with Crippen molar-refractivity contribution in [3.05, 3.63) is 34.3 Å². The Morgan fingerprint density at radius 1 is 1.54 bits per heavy atom. The largest absolute Gasteiger partial charge is 0.395 e. The third-order valence-corrected chi connectivity index (χ3v) is 2.40. The van der Waals surface area contributed by atoms with Gasteiger partial charge in [0.15, 0.2) is 0 Å². The average Bonchev–Trinajstić information content (AvgIpc) is 2.14. The number of halogens is 1. The summed E-state index contributed by atoms with van der Waals surface area (Å²) in [6, 6.07) is 8.44. The highest BCUT2D eigenvalue weighted by atomic mass is 79.9. The van der Waals surface area contributed by atoms with Crippen molar-refractivity contribution in [1.82, 2.24) is 5.32 Å². The molecule has 0 unspecified atom stereocenters. The van der Waals surface area contributed by atoms with Gasteiger partial charge in [0.05, 0.1) is 6.61 Å². The van der Waals surface area contributed by atoms with E-state index < -0.39 is 0 Å². The van der Waals surface area contributed by atoms with Gasteiger partial charge in [-0.25, -0.2) is 0 Å². The number of benzene rings is 1. The topological polar surface area (TPSA) is 32.3 Å². The van der Waals surface area contributed by atoms with Crippen LogP contribution in [0.15, 0.2) is 28.7 Å². The first-order valence-electron chi connectivity index (χ1n) is 4.33. The molecule has 1 rings (SSSR count). The number of rotatable bonds is 4. The molecule has 72 valence electrons. The molecular formula is C10H14BrNO. The van der Waals surface area contributed by atoms with Crippen molar-refractivity contribution in [2.75, 3.05) is 13.2 Å². The maximum atomic E-state index is 8.64. The van der Waals surface area contributed by atoms with E-state index in [0.29, 0.717) is 6.54 Å². The van der Waals surface area contributed by atoms with Crippen molar-refractivity contribution >= 4 is 15.9 Å². The molecule has 0 aliphatic carbocycles. The lowest BCUT2D eigenvalue weighted by Crippen LogP contribution is -2.21. The number of aliphatic hydroxyl groups excluding tert-OH is 1. The summed E-state index contributed by atoms with van der Waals surface area (Å²) < 4.78 is 1.09. The van der Waals surface area contributed by atoms with Crippen LogP contribution < -0.4 is 5.32 Å². The first-order valence-corrected chi connectivity index (χ1v) is 5.13. The lowest BCUT2D eigenvalue weighted by molar-refractivity contribution is 0.286. The van der Waals surface area contributed by atoms with Crippen molar-refractivity contribution in [2.45, 2.75) is 13.0 Å². The molecular weight excluding hydrogens is 230 g/mol. The smallest absolute Gasteiger partial charge is 0.0556 e. The molecule has 0 aliphatic heterocycles. The average molecular weight is 244 g/mol. The van der Waals surface area contributed by atoms with Gasteiger partial charge in [-0.05, 0) is 24.6 Å². The summed E-state index contributed by atoms with van der Waals surface area (Å²) in [5.41, 5.74) is 1.22. The van der Waals surface area contributed by atoms with E-state index >= 15 is 0 Å². The van der Waals surface area contributed by atoms with E-state index in [2.05, 4.69) is 40.3 Å². The van der Waals surface area contributed by atoms with Crippen LogP contribution in [-0.2, 0) is 0 Å². The van der Waals surface area contributed by atoms with E-state index in [9.17, 15) is 0 Å². The lowest BCUT2D eigenvalue weighted by atomic mass is 10.1. The van der Waals surface area contributed by atoms with Crippen LogP contribution in [-0.4, -0.2) is 18.3 Å². The molecule has 0 fully saturated rings. The van der Waals surface area contributed by atoms with Crippen LogP contribution in [0.1, 0.15) is 18.5 Å². The molecule has 0 aliphatic rings. The highest BCUT2D eigenvalue weighted by Gasteiger charge is 2.03. The Hall–Kier alpha value is -0.380. The fraction of sp³-hybridized carbons (Fsp3) is 0.400. The van der Waals surface area contributed by atoms with Gasteiger partial charge in [0, 0.05) is 17.1 Å². The van der Waals surface area contributed by atoms with E-state index in [1.54, 1.807) is 0 Å². The summed E-state index contributed by atoms with van der Waals surface area (Å²) in [7, 11) is 0. The van der Waals surface area contributed by atoms with Crippen LogP contribution in [0.2, 0.25) is 0 Å². The van der Waals surface area contributed by atoms with Crippen LogP contribution in [0.4, 0.5) is 0 Å². The second-order valence-corrected chi connectivity index (χ2v) is 3.87. The zero-order valence-corrected chi connectivity index (χ0v) is 9.21. The summed E-state index contributed by atoms with van der Waals surface area (Å²) in [6.07, 6.45) is 0. The molecule has 0 amide bonds. The molecule has 1 atom stereocenters. The van der Waals surface area contributed by atoms with Gasteiger partial charge in [0.1, 0.15) is 0 Å². The summed E-state index contributed by atoms with van der Waals surface area (Å²) in [5.74, 6) is 0. The minimum Gasteiger partial charge on any atom is -0.395 e.